The summed E-state index contributed by atoms with van der Waals surface area (Å²) in [4.78, 5) is 4.32. The van der Waals surface area contributed by atoms with E-state index in [9.17, 15) is 8.42 Å². The van der Waals surface area contributed by atoms with Crippen LogP contribution in [0.3, 0.4) is 0 Å². The average molecular weight is 356 g/mol. The minimum Gasteiger partial charge on any atom is -0.495 e. The predicted molar refractivity (Wildman–Crippen MR) is 87.9 cm³/mol. The van der Waals surface area contributed by atoms with Crippen molar-refractivity contribution in [1.29, 1.82) is 0 Å². The van der Waals surface area contributed by atoms with Crippen LogP contribution in [0, 0.1) is 0 Å². The van der Waals surface area contributed by atoms with Gasteiger partial charge in [0.15, 0.2) is 5.13 Å². The molecule has 0 radical (unpaired) electrons. The zero-order valence-corrected chi connectivity index (χ0v) is 14.1. The molecule has 0 saturated carbocycles. The van der Waals surface area contributed by atoms with E-state index in [-0.39, 0.29) is 9.34 Å². The number of thiazole rings is 1. The van der Waals surface area contributed by atoms with Crippen LogP contribution >= 0.6 is 22.7 Å². The van der Waals surface area contributed by atoms with Crippen molar-refractivity contribution < 1.29 is 17.9 Å². The quantitative estimate of drug-likeness (QED) is 0.760. The standard InChI is InChI=1S/C13H12N2O4S3/c1-18-8-5-6-9(19-2)12-11(8)14-13(21-12)15-22(16,17)10-4-3-7-20-10/h3-7H,1-2H3,(H,14,15). The molecule has 0 atom stereocenters. The van der Waals surface area contributed by atoms with E-state index >= 15 is 0 Å². The smallest absolute Gasteiger partial charge is 0.273 e. The summed E-state index contributed by atoms with van der Waals surface area (Å²) in [6, 6.07) is 6.72. The second-order valence-electron chi connectivity index (χ2n) is 4.20. The number of fused-ring (bicyclic) bond motifs is 1. The van der Waals surface area contributed by atoms with Gasteiger partial charge in [-0.15, -0.1) is 11.3 Å². The molecular weight excluding hydrogens is 344 g/mol. The number of nitrogens with zero attached hydrogens (tertiary/aromatic N) is 1. The highest BCUT2D eigenvalue weighted by Gasteiger charge is 2.20. The summed E-state index contributed by atoms with van der Waals surface area (Å²) in [5.74, 6) is 1.18. The van der Waals surface area contributed by atoms with Gasteiger partial charge in [-0.05, 0) is 23.6 Å². The van der Waals surface area contributed by atoms with Crippen LogP contribution < -0.4 is 14.2 Å². The van der Waals surface area contributed by atoms with Crippen molar-refractivity contribution in [2.75, 3.05) is 18.9 Å². The number of methoxy groups -OCH3 is 2. The highest BCUT2D eigenvalue weighted by Crippen LogP contribution is 2.39. The van der Waals surface area contributed by atoms with Crippen molar-refractivity contribution in [2.24, 2.45) is 0 Å². The van der Waals surface area contributed by atoms with Crippen LogP contribution in [0.1, 0.15) is 0 Å². The molecule has 0 amide bonds. The van der Waals surface area contributed by atoms with Gasteiger partial charge in [0.05, 0.1) is 14.2 Å². The van der Waals surface area contributed by atoms with Crippen molar-refractivity contribution in [3.63, 3.8) is 0 Å². The van der Waals surface area contributed by atoms with Gasteiger partial charge in [0.2, 0.25) is 0 Å². The molecule has 2 heterocycles. The van der Waals surface area contributed by atoms with Crippen LogP contribution in [0.2, 0.25) is 0 Å². The number of anilines is 1. The molecule has 0 aliphatic carbocycles. The first-order valence-corrected chi connectivity index (χ1v) is 9.31. The monoisotopic (exact) mass is 356 g/mol. The average Bonchev–Trinajstić information content (AvgIpc) is 3.15. The highest BCUT2D eigenvalue weighted by molar-refractivity contribution is 7.94. The van der Waals surface area contributed by atoms with Gasteiger partial charge in [-0.3, -0.25) is 4.72 Å². The lowest BCUT2D eigenvalue weighted by molar-refractivity contribution is 0.410. The van der Waals surface area contributed by atoms with Crippen molar-refractivity contribution in [1.82, 2.24) is 4.98 Å². The second kappa shape index (κ2) is 5.75. The normalized spacial score (nSPS) is 11.5. The number of hydrogen-bond acceptors (Lipinski definition) is 7. The Bertz CT molecular complexity index is 860. The zero-order valence-electron chi connectivity index (χ0n) is 11.7. The molecule has 9 heteroatoms. The predicted octanol–water partition coefficient (Wildman–Crippen LogP) is 3.18. The third-order valence-electron chi connectivity index (χ3n) is 2.89. The first kappa shape index (κ1) is 15.1. The lowest BCUT2D eigenvalue weighted by Crippen LogP contribution is -2.10. The lowest BCUT2D eigenvalue weighted by atomic mass is 10.3. The number of hydrogen-bond donors (Lipinski definition) is 1. The molecule has 1 aromatic carbocycles. The largest absolute Gasteiger partial charge is 0.495 e. The number of rotatable bonds is 5. The Hall–Kier alpha value is -1.84. The first-order valence-electron chi connectivity index (χ1n) is 6.13. The van der Waals surface area contributed by atoms with Gasteiger partial charge in [0, 0.05) is 0 Å². The molecule has 116 valence electrons. The molecule has 6 nitrogen and oxygen atoms in total. The van der Waals surface area contributed by atoms with Crippen LogP contribution in [0.25, 0.3) is 10.2 Å². The van der Waals surface area contributed by atoms with E-state index in [1.807, 2.05) is 0 Å². The maximum atomic E-state index is 12.3. The minimum atomic E-state index is -3.62. The summed E-state index contributed by atoms with van der Waals surface area (Å²) >= 11 is 2.35. The van der Waals surface area contributed by atoms with E-state index < -0.39 is 10.0 Å². The number of nitrogens with one attached hydrogen (secondary N) is 1. The van der Waals surface area contributed by atoms with Gasteiger partial charge in [0.25, 0.3) is 10.0 Å². The van der Waals surface area contributed by atoms with E-state index in [1.165, 1.54) is 18.4 Å². The third kappa shape index (κ3) is 2.62. The molecule has 22 heavy (non-hydrogen) atoms. The fourth-order valence-electron chi connectivity index (χ4n) is 1.91. The maximum absolute atomic E-state index is 12.3. The second-order valence-corrected chi connectivity index (χ2v) is 8.06. The summed E-state index contributed by atoms with van der Waals surface area (Å²) < 4.78 is 38.5. The van der Waals surface area contributed by atoms with E-state index in [1.54, 1.807) is 36.8 Å². The van der Waals surface area contributed by atoms with Gasteiger partial charge in [-0.25, -0.2) is 13.4 Å². The first-order chi connectivity index (χ1) is 10.5. The van der Waals surface area contributed by atoms with Crippen LogP contribution in [-0.4, -0.2) is 27.6 Å². The molecule has 0 bridgehead atoms. The third-order valence-corrected chi connectivity index (χ3v) is 6.74. The van der Waals surface area contributed by atoms with Crippen molar-refractivity contribution in [3.05, 3.63) is 29.6 Å². The Kier molecular flexibility index (Phi) is 3.94. The van der Waals surface area contributed by atoms with Gasteiger partial charge in [0.1, 0.15) is 25.9 Å². The summed E-state index contributed by atoms with van der Waals surface area (Å²) in [7, 11) is -0.532. The Morgan fingerprint density at radius 1 is 1.14 bits per heavy atom. The number of aromatic nitrogens is 1. The molecule has 0 aliphatic rings. The SMILES string of the molecule is COc1ccc(OC)c2sc(NS(=O)(=O)c3cccs3)nc12. The Morgan fingerprint density at radius 2 is 1.86 bits per heavy atom. The Morgan fingerprint density at radius 3 is 2.50 bits per heavy atom. The van der Waals surface area contributed by atoms with Crippen molar-refractivity contribution in [3.8, 4) is 11.5 Å². The molecule has 0 spiro atoms. The molecule has 0 saturated heterocycles. The lowest BCUT2D eigenvalue weighted by Gasteiger charge is -2.03. The van der Waals surface area contributed by atoms with E-state index in [4.69, 9.17) is 9.47 Å². The van der Waals surface area contributed by atoms with E-state index in [2.05, 4.69) is 9.71 Å². The minimum absolute atomic E-state index is 0.241. The molecule has 0 fully saturated rings. The Balaban J connectivity index is 2.06. The molecule has 3 rings (SSSR count). The van der Waals surface area contributed by atoms with Crippen molar-refractivity contribution in [2.45, 2.75) is 4.21 Å². The zero-order chi connectivity index (χ0) is 15.7. The van der Waals surface area contributed by atoms with E-state index in [0.717, 1.165) is 16.0 Å². The number of benzene rings is 1. The van der Waals surface area contributed by atoms with Gasteiger partial charge in [-0.1, -0.05) is 17.4 Å². The van der Waals surface area contributed by atoms with Crippen LogP contribution in [-0.2, 0) is 10.0 Å². The van der Waals surface area contributed by atoms with Crippen LogP contribution in [0.5, 0.6) is 11.5 Å². The van der Waals surface area contributed by atoms with Crippen molar-refractivity contribution >= 4 is 48.0 Å². The number of sulfonamides is 1. The summed E-state index contributed by atoms with van der Waals surface area (Å²) in [5.41, 5.74) is 0.565. The topological polar surface area (TPSA) is 77.5 Å². The Labute approximate surface area is 135 Å². The molecule has 2 aromatic heterocycles. The number of thiophene rings is 1. The molecule has 0 unspecified atom stereocenters. The molecule has 1 N–H and O–H groups in total. The highest BCUT2D eigenvalue weighted by atomic mass is 32.2. The fourth-order valence-corrected chi connectivity index (χ4v) is 5.11. The molecular formula is C13H12N2O4S3. The number of ether oxygens (including phenoxy) is 2. The summed E-state index contributed by atoms with van der Waals surface area (Å²) in [5, 5.41) is 1.98. The summed E-state index contributed by atoms with van der Waals surface area (Å²) in [6.07, 6.45) is 0. The maximum Gasteiger partial charge on any atom is 0.273 e. The molecule has 3 aromatic rings. The van der Waals surface area contributed by atoms with Gasteiger partial charge >= 0.3 is 0 Å². The van der Waals surface area contributed by atoms with E-state index in [0.29, 0.717) is 17.0 Å². The summed E-state index contributed by atoms with van der Waals surface area (Å²) in [6.45, 7) is 0. The van der Waals surface area contributed by atoms with Gasteiger partial charge < -0.3 is 9.47 Å². The fraction of sp³-hybridized carbons (Fsp3) is 0.154. The van der Waals surface area contributed by atoms with Gasteiger partial charge in [-0.2, -0.15) is 0 Å². The van der Waals surface area contributed by atoms with Crippen LogP contribution in [0.15, 0.2) is 33.9 Å². The van der Waals surface area contributed by atoms with Crippen LogP contribution in [0.4, 0.5) is 5.13 Å². The molecule has 0 aliphatic heterocycles.